The summed E-state index contributed by atoms with van der Waals surface area (Å²) in [5.41, 5.74) is 1.91. The second kappa shape index (κ2) is 11.0. The van der Waals surface area contributed by atoms with Gasteiger partial charge in [0.15, 0.2) is 5.78 Å². The Morgan fingerprint density at radius 3 is 2.15 bits per heavy atom. The Morgan fingerprint density at radius 2 is 1.61 bits per heavy atom. The number of nitrogens with one attached hydrogen (secondary N) is 1. The first-order valence-electron chi connectivity index (χ1n) is 11.4. The molecule has 0 radical (unpaired) electrons. The molecule has 1 N–H and O–H groups in total. The van der Waals surface area contributed by atoms with E-state index in [0.29, 0.717) is 45.1 Å². The van der Waals surface area contributed by atoms with Gasteiger partial charge in [0.05, 0.1) is 17.9 Å². The third kappa shape index (κ3) is 5.52. The first-order chi connectivity index (χ1) is 15.9. The van der Waals surface area contributed by atoms with Gasteiger partial charge in [-0.05, 0) is 18.6 Å². The molecule has 9 heteroatoms. The summed E-state index contributed by atoms with van der Waals surface area (Å²) in [5, 5.41) is 12.6. The standard InChI is InChI=1S/C24H32N6O3/c1-4-11-26-22(32)17-29-12-14-30(15-13-29)23(33)10-9-21(31)18(16-25)24-27(2)19-7-5-6-8-20(19)28(24)3/h5-8H,4,9-15,17H2,1-3H3,(H,26,32). The molecule has 0 unspecified atom stereocenters. The van der Waals surface area contributed by atoms with E-state index in [0.717, 1.165) is 17.8 Å². The molecule has 1 aromatic carbocycles. The van der Waals surface area contributed by atoms with Gasteiger partial charge in [0.25, 0.3) is 0 Å². The minimum Gasteiger partial charge on any atom is -0.355 e. The summed E-state index contributed by atoms with van der Waals surface area (Å²) >= 11 is 0. The van der Waals surface area contributed by atoms with E-state index in [9.17, 15) is 19.6 Å². The Balaban J connectivity index is 1.53. The first kappa shape index (κ1) is 24.3. The lowest BCUT2D eigenvalue weighted by molar-refractivity contribution is -0.134. The maximum atomic E-state index is 12.9. The maximum Gasteiger partial charge on any atom is 0.234 e. The number of nitriles is 1. The van der Waals surface area contributed by atoms with Crippen molar-refractivity contribution in [3.8, 4) is 6.07 Å². The molecule has 0 atom stereocenters. The van der Waals surface area contributed by atoms with Gasteiger partial charge in [-0.25, -0.2) is 0 Å². The summed E-state index contributed by atoms with van der Waals surface area (Å²) in [7, 11) is 3.66. The van der Waals surface area contributed by atoms with Gasteiger partial charge in [0.2, 0.25) is 11.8 Å². The van der Waals surface area contributed by atoms with Crippen molar-refractivity contribution in [2.45, 2.75) is 26.2 Å². The molecule has 2 heterocycles. The van der Waals surface area contributed by atoms with Gasteiger partial charge >= 0.3 is 0 Å². The molecule has 1 saturated heterocycles. The van der Waals surface area contributed by atoms with Crippen LogP contribution >= 0.6 is 0 Å². The number of anilines is 2. The van der Waals surface area contributed by atoms with Gasteiger partial charge in [-0.2, -0.15) is 5.26 Å². The van der Waals surface area contributed by atoms with Crippen molar-refractivity contribution < 1.29 is 14.4 Å². The van der Waals surface area contributed by atoms with Crippen LogP contribution in [0.5, 0.6) is 0 Å². The van der Waals surface area contributed by atoms with Crippen molar-refractivity contribution in [2.24, 2.45) is 0 Å². The van der Waals surface area contributed by atoms with Crippen LogP contribution < -0.4 is 15.1 Å². The number of piperazine rings is 1. The van der Waals surface area contributed by atoms with Gasteiger partial charge in [0.1, 0.15) is 17.5 Å². The Labute approximate surface area is 195 Å². The van der Waals surface area contributed by atoms with E-state index in [1.54, 1.807) is 4.90 Å². The topological polar surface area (TPSA) is 100.0 Å². The summed E-state index contributed by atoms with van der Waals surface area (Å²) in [6.07, 6.45) is 0.952. The summed E-state index contributed by atoms with van der Waals surface area (Å²) in [5.74, 6) is 0.102. The second-order valence-corrected chi connectivity index (χ2v) is 8.35. The normalized spacial score (nSPS) is 15.8. The molecule has 9 nitrogen and oxygen atoms in total. The summed E-state index contributed by atoms with van der Waals surface area (Å²) in [4.78, 5) is 44.9. The van der Waals surface area contributed by atoms with Crippen molar-refractivity contribution in [1.82, 2.24) is 15.1 Å². The van der Waals surface area contributed by atoms with Crippen LogP contribution in [0.25, 0.3) is 0 Å². The van der Waals surface area contributed by atoms with Crippen LogP contribution in [0.3, 0.4) is 0 Å². The number of ketones is 1. The van der Waals surface area contributed by atoms with E-state index in [-0.39, 0.29) is 36.0 Å². The number of allylic oxidation sites excluding steroid dienone is 1. The molecule has 0 aliphatic carbocycles. The van der Waals surface area contributed by atoms with Crippen molar-refractivity contribution in [1.29, 1.82) is 5.26 Å². The molecular formula is C24H32N6O3. The Hall–Kier alpha value is -3.38. The van der Waals surface area contributed by atoms with Crippen LogP contribution in [0.4, 0.5) is 11.4 Å². The maximum absolute atomic E-state index is 12.9. The van der Waals surface area contributed by atoms with Crippen LogP contribution in [0.2, 0.25) is 0 Å². The monoisotopic (exact) mass is 452 g/mol. The number of fused-ring (bicyclic) bond motifs is 1. The largest absolute Gasteiger partial charge is 0.355 e. The smallest absolute Gasteiger partial charge is 0.234 e. The minimum atomic E-state index is -0.335. The number of Topliss-reactive ketones (excluding diaryl/α,β-unsaturated/α-hetero) is 1. The number of para-hydroxylation sites is 2. The van der Waals surface area contributed by atoms with Crippen LogP contribution in [0, 0.1) is 11.3 Å². The molecule has 2 aliphatic heterocycles. The molecule has 3 rings (SSSR count). The van der Waals surface area contributed by atoms with E-state index >= 15 is 0 Å². The minimum absolute atomic E-state index is 0.00305. The summed E-state index contributed by atoms with van der Waals surface area (Å²) in [6.45, 7) is 5.32. The van der Waals surface area contributed by atoms with Crippen molar-refractivity contribution in [3.05, 3.63) is 35.7 Å². The highest BCUT2D eigenvalue weighted by atomic mass is 16.2. The molecule has 2 aliphatic rings. The van der Waals surface area contributed by atoms with Gasteiger partial charge < -0.3 is 20.0 Å². The molecular weight excluding hydrogens is 420 g/mol. The third-order valence-corrected chi connectivity index (χ3v) is 6.08. The first-order valence-corrected chi connectivity index (χ1v) is 11.4. The lowest BCUT2D eigenvalue weighted by Gasteiger charge is -2.34. The Bertz CT molecular complexity index is 944. The Morgan fingerprint density at radius 1 is 1.00 bits per heavy atom. The fraction of sp³-hybridized carbons (Fsp3) is 0.500. The zero-order valence-electron chi connectivity index (χ0n) is 19.6. The van der Waals surface area contributed by atoms with E-state index in [4.69, 9.17) is 0 Å². The third-order valence-electron chi connectivity index (χ3n) is 6.08. The zero-order valence-corrected chi connectivity index (χ0v) is 19.6. The molecule has 33 heavy (non-hydrogen) atoms. The van der Waals surface area contributed by atoms with Crippen molar-refractivity contribution in [2.75, 3.05) is 63.2 Å². The highest BCUT2D eigenvalue weighted by molar-refractivity contribution is 6.03. The van der Waals surface area contributed by atoms with Crippen LogP contribution in [0.1, 0.15) is 26.2 Å². The van der Waals surface area contributed by atoms with Gasteiger partial charge in [-0.1, -0.05) is 19.1 Å². The molecule has 1 fully saturated rings. The van der Waals surface area contributed by atoms with Crippen LogP contribution in [-0.4, -0.2) is 80.8 Å². The number of amides is 2. The van der Waals surface area contributed by atoms with Crippen LogP contribution in [-0.2, 0) is 14.4 Å². The SMILES string of the molecule is CCCNC(=O)CN1CCN(C(=O)CCC(=O)C(C#N)=C2N(C)c3ccccc3N2C)CC1. The average Bonchev–Trinajstić information content (AvgIpc) is 3.07. The number of rotatable bonds is 8. The predicted molar refractivity (Wildman–Crippen MR) is 126 cm³/mol. The van der Waals surface area contributed by atoms with Gasteiger partial charge in [-0.3, -0.25) is 19.3 Å². The molecule has 0 aromatic heterocycles. The number of carbonyl (C=O) groups is 3. The summed E-state index contributed by atoms with van der Waals surface area (Å²) in [6, 6.07) is 9.76. The highest BCUT2D eigenvalue weighted by Crippen LogP contribution is 2.40. The molecule has 0 saturated carbocycles. The van der Waals surface area contributed by atoms with E-state index in [1.165, 1.54) is 0 Å². The van der Waals surface area contributed by atoms with Crippen molar-refractivity contribution >= 4 is 29.0 Å². The highest BCUT2D eigenvalue weighted by Gasteiger charge is 2.31. The quantitative estimate of drug-likeness (QED) is 0.469. The van der Waals surface area contributed by atoms with E-state index < -0.39 is 0 Å². The lowest BCUT2D eigenvalue weighted by Crippen LogP contribution is -2.51. The number of benzene rings is 1. The number of carbonyl (C=O) groups excluding carboxylic acids is 3. The number of hydrogen-bond donors (Lipinski definition) is 1. The average molecular weight is 453 g/mol. The Kier molecular flexibility index (Phi) is 8.06. The van der Waals surface area contributed by atoms with Crippen LogP contribution in [0.15, 0.2) is 35.7 Å². The summed E-state index contributed by atoms with van der Waals surface area (Å²) < 4.78 is 0. The number of nitrogens with zero attached hydrogens (tertiary/aromatic N) is 5. The van der Waals surface area contributed by atoms with E-state index in [1.807, 2.05) is 60.0 Å². The number of hydrogen-bond acceptors (Lipinski definition) is 7. The fourth-order valence-corrected chi connectivity index (χ4v) is 4.24. The van der Waals surface area contributed by atoms with Gasteiger partial charge in [-0.15, -0.1) is 0 Å². The second-order valence-electron chi connectivity index (χ2n) is 8.35. The fourth-order valence-electron chi connectivity index (χ4n) is 4.24. The van der Waals surface area contributed by atoms with Crippen molar-refractivity contribution in [3.63, 3.8) is 0 Å². The lowest BCUT2D eigenvalue weighted by atomic mass is 10.1. The molecule has 1 aromatic rings. The van der Waals surface area contributed by atoms with Gasteiger partial charge in [0, 0.05) is 59.7 Å². The molecule has 0 bridgehead atoms. The molecule has 0 spiro atoms. The predicted octanol–water partition coefficient (Wildman–Crippen LogP) is 1.33. The zero-order chi connectivity index (χ0) is 24.0. The van der Waals surface area contributed by atoms with E-state index in [2.05, 4.69) is 11.4 Å². The molecule has 176 valence electrons. The molecule has 2 amide bonds.